The number of amides is 2. The van der Waals surface area contributed by atoms with Crippen LogP contribution in [0, 0.1) is 0 Å². The highest BCUT2D eigenvalue weighted by atomic mass is 35.5. The van der Waals surface area contributed by atoms with Gasteiger partial charge in [0.15, 0.2) is 0 Å². The number of halogens is 4. The van der Waals surface area contributed by atoms with E-state index in [1.165, 1.54) is 36.3 Å². The third-order valence-electron chi connectivity index (χ3n) is 3.90. The van der Waals surface area contributed by atoms with Crippen molar-refractivity contribution in [2.24, 2.45) is 0 Å². The Bertz CT molecular complexity index is 872. The minimum Gasteiger partial charge on any atom is -0.496 e. The third-order valence-corrected chi connectivity index (χ3v) is 4.14. The van der Waals surface area contributed by atoms with Gasteiger partial charge in [0.25, 0.3) is 5.91 Å². The Kier molecular flexibility index (Phi) is 6.90. The Morgan fingerprint density at radius 3 is 2.46 bits per heavy atom. The van der Waals surface area contributed by atoms with E-state index in [0.717, 1.165) is 12.1 Å². The van der Waals surface area contributed by atoms with E-state index in [9.17, 15) is 22.8 Å². The van der Waals surface area contributed by atoms with Gasteiger partial charge in [-0.15, -0.1) is 0 Å². The number of carbonyl (C=O) groups excluding carboxylic acids is 2. The van der Waals surface area contributed by atoms with Gasteiger partial charge in [0.1, 0.15) is 12.3 Å². The summed E-state index contributed by atoms with van der Waals surface area (Å²) in [4.78, 5) is 26.2. The molecule has 0 unspecified atom stereocenters. The van der Waals surface area contributed by atoms with Crippen LogP contribution < -0.4 is 10.1 Å². The Balaban J connectivity index is 2.19. The molecule has 2 aromatic carbocycles. The molecule has 0 aliphatic carbocycles. The molecule has 28 heavy (non-hydrogen) atoms. The van der Waals surface area contributed by atoms with Gasteiger partial charge in [-0.05, 0) is 37.3 Å². The van der Waals surface area contributed by atoms with Gasteiger partial charge in [-0.1, -0.05) is 23.7 Å². The Morgan fingerprint density at radius 2 is 1.86 bits per heavy atom. The second-order valence-corrected chi connectivity index (χ2v) is 6.19. The fourth-order valence-electron chi connectivity index (χ4n) is 2.55. The maximum Gasteiger partial charge on any atom is 0.418 e. The molecular weight excluding hydrogens is 397 g/mol. The van der Waals surface area contributed by atoms with Crippen molar-refractivity contribution in [1.29, 1.82) is 0 Å². The van der Waals surface area contributed by atoms with Gasteiger partial charge in [0.05, 0.1) is 23.9 Å². The fourth-order valence-corrected chi connectivity index (χ4v) is 2.72. The second kappa shape index (κ2) is 8.97. The quantitative estimate of drug-likeness (QED) is 0.758. The van der Waals surface area contributed by atoms with Crippen molar-refractivity contribution in [3.05, 3.63) is 58.6 Å². The molecule has 9 heteroatoms. The number of hydrogen-bond acceptors (Lipinski definition) is 3. The van der Waals surface area contributed by atoms with E-state index < -0.39 is 30.1 Å². The summed E-state index contributed by atoms with van der Waals surface area (Å²) in [6.07, 6.45) is -4.61. The van der Waals surface area contributed by atoms with Crippen LogP contribution in [0.15, 0.2) is 42.5 Å². The molecule has 1 N–H and O–H groups in total. The van der Waals surface area contributed by atoms with Gasteiger partial charge in [-0.2, -0.15) is 13.2 Å². The first-order valence-electron chi connectivity index (χ1n) is 8.26. The van der Waals surface area contributed by atoms with Gasteiger partial charge in [-0.3, -0.25) is 9.59 Å². The number of anilines is 1. The van der Waals surface area contributed by atoms with Gasteiger partial charge in [-0.25, -0.2) is 0 Å². The van der Waals surface area contributed by atoms with E-state index in [0.29, 0.717) is 5.02 Å². The molecule has 0 fully saturated rings. The zero-order chi connectivity index (χ0) is 20.9. The summed E-state index contributed by atoms with van der Waals surface area (Å²) < 4.78 is 44.3. The maximum absolute atomic E-state index is 13.1. The summed E-state index contributed by atoms with van der Waals surface area (Å²) in [5, 5.41) is 2.53. The highest BCUT2D eigenvalue weighted by Crippen LogP contribution is 2.34. The highest BCUT2D eigenvalue weighted by Gasteiger charge is 2.33. The van der Waals surface area contributed by atoms with Crippen LogP contribution >= 0.6 is 11.6 Å². The molecule has 2 aromatic rings. The van der Waals surface area contributed by atoms with E-state index in [1.807, 2.05) is 0 Å². The van der Waals surface area contributed by atoms with Crippen LogP contribution in [0.25, 0.3) is 0 Å². The topological polar surface area (TPSA) is 58.6 Å². The van der Waals surface area contributed by atoms with Crippen molar-refractivity contribution in [2.75, 3.05) is 25.5 Å². The molecule has 0 heterocycles. The van der Waals surface area contributed by atoms with E-state index >= 15 is 0 Å². The summed E-state index contributed by atoms with van der Waals surface area (Å²) >= 11 is 5.93. The molecule has 2 amide bonds. The number of hydrogen-bond donors (Lipinski definition) is 1. The van der Waals surface area contributed by atoms with Crippen LogP contribution in [-0.2, 0) is 11.0 Å². The van der Waals surface area contributed by atoms with Crippen LogP contribution in [0.1, 0.15) is 22.8 Å². The molecule has 0 saturated carbocycles. The number of nitrogens with one attached hydrogen (secondary N) is 1. The molecule has 0 spiro atoms. The summed E-state index contributed by atoms with van der Waals surface area (Å²) in [7, 11) is 1.39. The van der Waals surface area contributed by atoms with Crippen molar-refractivity contribution in [2.45, 2.75) is 13.1 Å². The van der Waals surface area contributed by atoms with Gasteiger partial charge in [0, 0.05) is 11.6 Å². The molecule has 0 aliphatic rings. The minimum absolute atomic E-state index is 0.153. The lowest BCUT2D eigenvalue weighted by molar-refractivity contribution is -0.137. The van der Waals surface area contributed by atoms with Crippen LogP contribution in [0.4, 0.5) is 18.9 Å². The summed E-state index contributed by atoms with van der Waals surface area (Å²) in [5.74, 6) is -1.01. The van der Waals surface area contributed by atoms with E-state index in [-0.39, 0.29) is 23.5 Å². The molecule has 0 bridgehead atoms. The zero-order valence-corrected chi connectivity index (χ0v) is 15.9. The van der Waals surface area contributed by atoms with Crippen molar-refractivity contribution >= 4 is 29.1 Å². The van der Waals surface area contributed by atoms with Crippen LogP contribution in [0.5, 0.6) is 5.75 Å². The lowest BCUT2D eigenvalue weighted by atomic mass is 10.1. The Labute approximate surface area is 165 Å². The van der Waals surface area contributed by atoms with E-state index in [2.05, 4.69) is 5.32 Å². The number of alkyl halides is 3. The van der Waals surface area contributed by atoms with Crippen LogP contribution in [-0.4, -0.2) is 36.9 Å². The number of likely N-dealkylation sites (N-methyl/N-ethyl adjacent to an activating group) is 1. The lowest BCUT2D eigenvalue weighted by Gasteiger charge is -2.22. The molecule has 5 nitrogen and oxygen atoms in total. The summed E-state index contributed by atoms with van der Waals surface area (Å²) in [5.41, 5.74) is -1.18. The number of methoxy groups -OCH3 is 1. The molecule has 150 valence electrons. The number of benzene rings is 2. The molecular formula is C19H18ClF3N2O3. The van der Waals surface area contributed by atoms with Crippen molar-refractivity contribution in [3.8, 4) is 5.75 Å². The molecule has 0 radical (unpaired) electrons. The zero-order valence-electron chi connectivity index (χ0n) is 15.1. The molecule has 0 aromatic heterocycles. The average Bonchev–Trinajstić information content (AvgIpc) is 2.65. The monoisotopic (exact) mass is 414 g/mol. The second-order valence-electron chi connectivity index (χ2n) is 5.76. The largest absolute Gasteiger partial charge is 0.496 e. The minimum atomic E-state index is -4.61. The van der Waals surface area contributed by atoms with Gasteiger partial charge < -0.3 is 15.0 Å². The van der Waals surface area contributed by atoms with Crippen molar-refractivity contribution in [1.82, 2.24) is 4.90 Å². The van der Waals surface area contributed by atoms with E-state index in [4.69, 9.17) is 16.3 Å². The standard InChI is InChI=1S/C19H18ClF3N2O3/c1-3-25(18(27)13-10-12(20)8-9-16(13)28-2)11-17(26)24-15-7-5-4-6-14(15)19(21,22)23/h4-10H,3,11H2,1-2H3,(H,24,26). The first-order chi connectivity index (χ1) is 13.2. The smallest absolute Gasteiger partial charge is 0.418 e. The molecule has 0 saturated heterocycles. The molecule has 0 atom stereocenters. The first kappa shape index (κ1) is 21.6. The fraction of sp³-hybridized carbons (Fsp3) is 0.263. The Hall–Kier alpha value is -2.74. The van der Waals surface area contributed by atoms with Gasteiger partial charge >= 0.3 is 6.18 Å². The number of para-hydroxylation sites is 1. The highest BCUT2D eigenvalue weighted by molar-refractivity contribution is 6.31. The summed E-state index contributed by atoms with van der Waals surface area (Å²) in [6.45, 7) is 1.37. The van der Waals surface area contributed by atoms with Crippen molar-refractivity contribution in [3.63, 3.8) is 0 Å². The first-order valence-corrected chi connectivity index (χ1v) is 8.64. The normalized spacial score (nSPS) is 11.1. The number of ether oxygens (including phenoxy) is 1. The van der Waals surface area contributed by atoms with Crippen molar-refractivity contribution < 1.29 is 27.5 Å². The van der Waals surface area contributed by atoms with Crippen LogP contribution in [0.2, 0.25) is 5.02 Å². The van der Waals surface area contributed by atoms with E-state index in [1.54, 1.807) is 13.0 Å². The molecule has 0 aliphatic heterocycles. The number of rotatable bonds is 6. The maximum atomic E-state index is 13.1. The van der Waals surface area contributed by atoms with Crippen LogP contribution in [0.3, 0.4) is 0 Å². The predicted octanol–water partition coefficient (Wildman–Crippen LogP) is 4.47. The number of carbonyl (C=O) groups is 2. The lowest BCUT2D eigenvalue weighted by Crippen LogP contribution is -2.38. The molecule has 2 rings (SSSR count). The SMILES string of the molecule is CCN(CC(=O)Nc1ccccc1C(F)(F)F)C(=O)c1cc(Cl)ccc1OC. The third kappa shape index (κ3) is 5.16. The average molecular weight is 415 g/mol. The Morgan fingerprint density at radius 1 is 1.18 bits per heavy atom. The number of nitrogens with zero attached hydrogens (tertiary/aromatic N) is 1. The summed E-state index contributed by atoms with van der Waals surface area (Å²) in [6, 6.07) is 9.10. The van der Waals surface area contributed by atoms with Gasteiger partial charge in [0.2, 0.25) is 5.91 Å². The predicted molar refractivity (Wildman–Crippen MR) is 99.7 cm³/mol.